The largest absolute Gasteiger partial charge is 0.378 e. The summed E-state index contributed by atoms with van der Waals surface area (Å²) in [6.07, 6.45) is 3.35. The summed E-state index contributed by atoms with van der Waals surface area (Å²) in [5.74, 6) is 0.710. The van der Waals surface area contributed by atoms with Crippen molar-refractivity contribution in [2.24, 2.45) is 5.73 Å². The molecular weight excluding hydrogens is 394 g/mol. The molecule has 1 aliphatic carbocycles. The summed E-state index contributed by atoms with van der Waals surface area (Å²) in [5, 5.41) is 0. The highest BCUT2D eigenvalue weighted by Crippen LogP contribution is 2.44. The number of H-pyrrole nitrogens is 1. The van der Waals surface area contributed by atoms with Crippen LogP contribution in [0.4, 0.5) is 5.95 Å². The minimum Gasteiger partial charge on any atom is -0.378 e. The van der Waals surface area contributed by atoms with Gasteiger partial charge in [0.05, 0.1) is 18.9 Å². The predicted molar refractivity (Wildman–Crippen MR) is 117 cm³/mol. The Labute approximate surface area is 181 Å². The fourth-order valence-electron chi connectivity index (χ4n) is 5.20. The molecule has 1 amide bonds. The normalized spacial score (nSPS) is 20.2. The van der Waals surface area contributed by atoms with Gasteiger partial charge in [-0.05, 0) is 43.4 Å². The van der Waals surface area contributed by atoms with Gasteiger partial charge in [-0.25, -0.2) is 4.98 Å². The van der Waals surface area contributed by atoms with Gasteiger partial charge in [-0.1, -0.05) is 12.1 Å². The van der Waals surface area contributed by atoms with E-state index >= 15 is 0 Å². The van der Waals surface area contributed by atoms with Gasteiger partial charge in [0, 0.05) is 49.3 Å². The average molecular weight is 424 g/mol. The molecule has 0 radical (unpaired) electrons. The van der Waals surface area contributed by atoms with Crippen molar-refractivity contribution in [3.8, 4) is 0 Å². The Kier molecular flexibility index (Phi) is 5.27. The Hall–Kier alpha value is -2.71. The van der Waals surface area contributed by atoms with Gasteiger partial charge in [0.1, 0.15) is 0 Å². The lowest BCUT2D eigenvalue weighted by molar-refractivity contribution is 0.0663. The maximum atomic E-state index is 13.0. The second kappa shape index (κ2) is 8.09. The molecule has 31 heavy (non-hydrogen) atoms. The van der Waals surface area contributed by atoms with Crippen molar-refractivity contribution < 1.29 is 9.53 Å². The third kappa shape index (κ3) is 3.64. The molecule has 1 spiro atoms. The molecule has 2 aliphatic heterocycles. The minimum absolute atomic E-state index is 0.0135. The molecule has 8 nitrogen and oxygen atoms in total. The van der Waals surface area contributed by atoms with Crippen molar-refractivity contribution in [1.29, 1.82) is 0 Å². The van der Waals surface area contributed by atoms with Crippen LogP contribution < -0.4 is 16.2 Å². The molecule has 3 aliphatic rings. The number of aromatic amines is 1. The van der Waals surface area contributed by atoms with Crippen LogP contribution in [0, 0.1) is 0 Å². The van der Waals surface area contributed by atoms with E-state index in [9.17, 15) is 9.59 Å². The molecule has 0 bridgehead atoms. The van der Waals surface area contributed by atoms with Gasteiger partial charge < -0.3 is 20.3 Å². The number of piperidine rings is 1. The maximum absolute atomic E-state index is 13.0. The van der Waals surface area contributed by atoms with Crippen molar-refractivity contribution in [1.82, 2.24) is 14.9 Å². The van der Waals surface area contributed by atoms with E-state index in [4.69, 9.17) is 15.5 Å². The SMILES string of the molecule is NCc1cccc(C(=O)N2CCC3(CCc4c3nc(N3CCOCC3)[nH]c4=O)CC2)c1. The van der Waals surface area contributed by atoms with E-state index in [1.807, 2.05) is 29.2 Å². The fourth-order valence-corrected chi connectivity index (χ4v) is 5.20. The first kappa shape index (κ1) is 20.2. The number of benzene rings is 1. The lowest BCUT2D eigenvalue weighted by atomic mass is 9.76. The zero-order valence-corrected chi connectivity index (χ0v) is 17.7. The van der Waals surface area contributed by atoms with Crippen LogP contribution in [0.25, 0.3) is 0 Å². The smallest absolute Gasteiger partial charge is 0.255 e. The fraction of sp³-hybridized carbons (Fsp3) is 0.522. The number of morpholine rings is 1. The maximum Gasteiger partial charge on any atom is 0.255 e. The van der Waals surface area contributed by atoms with Crippen molar-refractivity contribution >= 4 is 11.9 Å². The van der Waals surface area contributed by atoms with Crippen molar-refractivity contribution in [2.75, 3.05) is 44.3 Å². The van der Waals surface area contributed by atoms with E-state index in [1.54, 1.807) is 0 Å². The van der Waals surface area contributed by atoms with Crippen molar-refractivity contribution in [3.63, 3.8) is 0 Å². The number of carbonyl (C=O) groups is 1. The van der Waals surface area contributed by atoms with E-state index in [-0.39, 0.29) is 16.9 Å². The molecule has 1 aromatic heterocycles. The molecule has 2 aromatic rings. The summed E-state index contributed by atoms with van der Waals surface area (Å²) in [5.41, 5.74) is 9.04. The number of anilines is 1. The number of ether oxygens (including phenoxy) is 1. The predicted octanol–water partition coefficient (Wildman–Crippen LogP) is 1.19. The number of carbonyl (C=O) groups excluding carboxylic acids is 1. The number of hydrogen-bond acceptors (Lipinski definition) is 6. The lowest BCUT2D eigenvalue weighted by Gasteiger charge is -2.39. The zero-order valence-electron chi connectivity index (χ0n) is 17.7. The van der Waals surface area contributed by atoms with Crippen LogP contribution in [0.1, 0.15) is 46.4 Å². The van der Waals surface area contributed by atoms with Gasteiger partial charge in [0.15, 0.2) is 0 Å². The third-order valence-electron chi connectivity index (χ3n) is 7.09. The van der Waals surface area contributed by atoms with Gasteiger partial charge in [-0.2, -0.15) is 0 Å². The molecule has 3 N–H and O–H groups in total. The third-order valence-corrected chi connectivity index (χ3v) is 7.09. The van der Waals surface area contributed by atoms with Gasteiger partial charge in [-0.3, -0.25) is 14.6 Å². The molecular formula is C23H29N5O3. The van der Waals surface area contributed by atoms with Crippen molar-refractivity contribution in [2.45, 2.75) is 37.6 Å². The molecule has 0 saturated carbocycles. The Bertz CT molecular complexity index is 1040. The van der Waals surface area contributed by atoms with E-state index in [2.05, 4.69) is 9.88 Å². The summed E-state index contributed by atoms with van der Waals surface area (Å²) < 4.78 is 5.43. The van der Waals surface area contributed by atoms with Crippen LogP contribution in [0.2, 0.25) is 0 Å². The number of aromatic nitrogens is 2. The lowest BCUT2D eigenvalue weighted by Crippen LogP contribution is -2.45. The van der Waals surface area contributed by atoms with Crippen LogP contribution in [-0.2, 0) is 23.1 Å². The topological polar surface area (TPSA) is 105 Å². The Morgan fingerprint density at radius 1 is 1.16 bits per heavy atom. The summed E-state index contributed by atoms with van der Waals surface area (Å²) in [4.78, 5) is 37.8. The van der Waals surface area contributed by atoms with Crippen LogP contribution in [0.5, 0.6) is 0 Å². The molecule has 5 rings (SSSR count). The highest BCUT2D eigenvalue weighted by atomic mass is 16.5. The molecule has 2 saturated heterocycles. The number of nitrogens with one attached hydrogen (secondary N) is 1. The van der Waals surface area contributed by atoms with Crippen molar-refractivity contribution in [3.05, 3.63) is 57.0 Å². The minimum atomic E-state index is -0.111. The van der Waals surface area contributed by atoms with Gasteiger partial charge in [-0.15, -0.1) is 0 Å². The molecule has 0 atom stereocenters. The monoisotopic (exact) mass is 423 g/mol. The Balaban J connectivity index is 1.36. The standard InChI is InChI=1S/C23H29N5O3/c24-15-16-2-1-3-17(14-16)21(30)27-8-6-23(7-9-27)5-4-18-19(23)25-22(26-20(18)29)28-10-12-31-13-11-28/h1-3,14H,4-13,15,24H2,(H,25,26,29). The first-order valence-corrected chi connectivity index (χ1v) is 11.1. The van der Waals surface area contributed by atoms with Gasteiger partial charge in [0.2, 0.25) is 5.95 Å². The number of amides is 1. The number of nitrogens with two attached hydrogens (primary N) is 1. The summed E-state index contributed by atoms with van der Waals surface area (Å²) in [7, 11) is 0. The molecule has 0 unspecified atom stereocenters. The van der Waals surface area contributed by atoms with Crippen LogP contribution in [-0.4, -0.2) is 60.2 Å². The van der Waals surface area contributed by atoms with Crippen LogP contribution in [0.3, 0.4) is 0 Å². The Morgan fingerprint density at radius 3 is 2.68 bits per heavy atom. The van der Waals surface area contributed by atoms with Crippen LogP contribution >= 0.6 is 0 Å². The number of hydrogen-bond donors (Lipinski definition) is 2. The van der Waals surface area contributed by atoms with E-state index in [1.165, 1.54) is 0 Å². The van der Waals surface area contributed by atoms with E-state index in [0.717, 1.165) is 55.6 Å². The molecule has 164 valence electrons. The first-order valence-electron chi connectivity index (χ1n) is 11.1. The molecule has 3 heterocycles. The van der Waals surface area contributed by atoms with Gasteiger partial charge in [0.25, 0.3) is 11.5 Å². The number of likely N-dealkylation sites (tertiary alicyclic amines) is 1. The highest BCUT2D eigenvalue weighted by Gasteiger charge is 2.45. The van der Waals surface area contributed by atoms with Crippen LogP contribution in [0.15, 0.2) is 29.1 Å². The molecule has 1 aromatic carbocycles. The number of rotatable bonds is 3. The second-order valence-corrected chi connectivity index (χ2v) is 8.79. The zero-order chi connectivity index (χ0) is 21.4. The van der Waals surface area contributed by atoms with Gasteiger partial charge >= 0.3 is 0 Å². The highest BCUT2D eigenvalue weighted by molar-refractivity contribution is 5.94. The van der Waals surface area contributed by atoms with E-state index < -0.39 is 0 Å². The first-order chi connectivity index (χ1) is 15.1. The summed E-state index contributed by atoms with van der Waals surface area (Å²) in [6.45, 7) is 4.53. The van der Waals surface area contributed by atoms with E-state index in [0.29, 0.717) is 44.4 Å². The molecule has 2 fully saturated rings. The summed E-state index contributed by atoms with van der Waals surface area (Å²) in [6, 6.07) is 7.56. The average Bonchev–Trinajstić information content (AvgIpc) is 3.18. The second-order valence-electron chi connectivity index (χ2n) is 8.79. The summed E-state index contributed by atoms with van der Waals surface area (Å²) >= 11 is 0. The quantitative estimate of drug-likeness (QED) is 0.768. The number of fused-ring (bicyclic) bond motifs is 2. The molecule has 8 heteroatoms. The number of nitrogens with zero attached hydrogens (tertiary/aromatic N) is 3. The Morgan fingerprint density at radius 2 is 1.94 bits per heavy atom.